The lowest BCUT2D eigenvalue weighted by Crippen LogP contribution is -2.14. The minimum atomic E-state index is 0.527. The van der Waals surface area contributed by atoms with Crippen molar-refractivity contribution in [3.8, 4) is 11.5 Å². The zero-order valence-electron chi connectivity index (χ0n) is 11.7. The number of ether oxygens (including phenoxy) is 2. The summed E-state index contributed by atoms with van der Waals surface area (Å²) in [5.74, 6) is 1.91. The Kier molecular flexibility index (Phi) is 4.81. The Labute approximate surface area is 122 Å². The molecule has 0 aliphatic carbocycles. The Balaban J connectivity index is 2.01. The summed E-state index contributed by atoms with van der Waals surface area (Å²) in [6.07, 6.45) is 1.67. The van der Waals surface area contributed by atoms with E-state index < -0.39 is 0 Å². The van der Waals surface area contributed by atoms with Gasteiger partial charge in [0, 0.05) is 13.6 Å². The molecule has 7 heteroatoms. The average Bonchev–Trinajstić information content (AvgIpc) is 2.83. The van der Waals surface area contributed by atoms with Crippen molar-refractivity contribution >= 4 is 11.6 Å². The third kappa shape index (κ3) is 3.40. The number of methoxy groups -OCH3 is 2. The summed E-state index contributed by atoms with van der Waals surface area (Å²) in [6.45, 7) is 1.23. The van der Waals surface area contributed by atoms with E-state index in [2.05, 4.69) is 15.4 Å². The van der Waals surface area contributed by atoms with Crippen LogP contribution >= 0.6 is 11.6 Å². The van der Waals surface area contributed by atoms with E-state index in [1.807, 2.05) is 19.2 Å². The molecule has 1 heterocycles. The fraction of sp³-hybridized carbons (Fsp3) is 0.385. The number of aromatic nitrogens is 3. The van der Waals surface area contributed by atoms with Crippen LogP contribution in [0.4, 0.5) is 0 Å². The van der Waals surface area contributed by atoms with Crippen LogP contribution in [0.1, 0.15) is 11.4 Å². The Morgan fingerprint density at radius 3 is 2.65 bits per heavy atom. The SMILES string of the molecule is COc1cc(CNCc2ncn(C)n2)cc(Cl)c1OC. The predicted molar refractivity (Wildman–Crippen MR) is 76.1 cm³/mol. The molecule has 1 N–H and O–H groups in total. The Morgan fingerprint density at radius 2 is 2.05 bits per heavy atom. The molecule has 0 fully saturated rings. The molecule has 0 bridgehead atoms. The van der Waals surface area contributed by atoms with Crippen molar-refractivity contribution in [2.45, 2.75) is 13.1 Å². The van der Waals surface area contributed by atoms with Crippen molar-refractivity contribution in [1.82, 2.24) is 20.1 Å². The van der Waals surface area contributed by atoms with Gasteiger partial charge in [-0.3, -0.25) is 4.68 Å². The van der Waals surface area contributed by atoms with Crippen molar-refractivity contribution in [3.05, 3.63) is 34.9 Å². The van der Waals surface area contributed by atoms with Crippen LogP contribution in [-0.2, 0) is 20.1 Å². The first kappa shape index (κ1) is 14.6. The predicted octanol–water partition coefficient (Wildman–Crippen LogP) is 1.78. The zero-order valence-corrected chi connectivity index (χ0v) is 12.4. The van der Waals surface area contributed by atoms with Crippen LogP contribution in [0.3, 0.4) is 0 Å². The molecule has 108 valence electrons. The van der Waals surface area contributed by atoms with Crippen molar-refractivity contribution in [1.29, 1.82) is 0 Å². The highest BCUT2D eigenvalue weighted by Gasteiger charge is 2.10. The van der Waals surface area contributed by atoms with Gasteiger partial charge in [-0.1, -0.05) is 11.6 Å². The number of rotatable bonds is 6. The first-order chi connectivity index (χ1) is 9.63. The number of hydrogen-bond donors (Lipinski definition) is 1. The molecule has 0 aliphatic rings. The number of hydrogen-bond acceptors (Lipinski definition) is 5. The van der Waals surface area contributed by atoms with Crippen LogP contribution in [0.2, 0.25) is 5.02 Å². The molecule has 0 spiro atoms. The van der Waals surface area contributed by atoms with E-state index in [-0.39, 0.29) is 0 Å². The maximum Gasteiger partial charge on any atom is 0.179 e. The van der Waals surface area contributed by atoms with E-state index in [0.29, 0.717) is 29.6 Å². The van der Waals surface area contributed by atoms with Crippen molar-refractivity contribution < 1.29 is 9.47 Å². The summed E-state index contributed by atoms with van der Waals surface area (Å²) in [5.41, 5.74) is 1.00. The average molecular weight is 297 g/mol. The number of nitrogens with one attached hydrogen (secondary N) is 1. The summed E-state index contributed by atoms with van der Waals surface area (Å²) in [6, 6.07) is 3.74. The second kappa shape index (κ2) is 6.58. The molecule has 0 saturated heterocycles. The molecule has 6 nitrogen and oxygen atoms in total. The molecule has 20 heavy (non-hydrogen) atoms. The maximum atomic E-state index is 6.15. The van der Waals surface area contributed by atoms with Crippen LogP contribution in [0.5, 0.6) is 11.5 Å². The number of nitrogens with zero attached hydrogens (tertiary/aromatic N) is 3. The molecule has 1 aromatic heterocycles. The molecule has 0 amide bonds. The Hall–Kier alpha value is -1.79. The minimum absolute atomic E-state index is 0.527. The fourth-order valence-corrected chi connectivity index (χ4v) is 2.17. The first-order valence-electron chi connectivity index (χ1n) is 6.09. The minimum Gasteiger partial charge on any atom is -0.493 e. The van der Waals surface area contributed by atoms with Gasteiger partial charge in [0.2, 0.25) is 0 Å². The van der Waals surface area contributed by atoms with Crippen LogP contribution in [0.25, 0.3) is 0 Å². The van der Waals surface area contributed by atoms with Gasteiger partial charge in [-0.25, -0.2) is 4.98 Å². The second-order valence-electron chi connectivity index (χ2n) is 4.25. The van der Waals surface area contributed by atoms with Gasteiger partial charge < -0.3 is 14.8 Å². The molecular weight excluding hydrogens is 280 g/mol. The van der Waals surface area contributed by atoms with Gasteiger partial charge >= 0.3 is 0 Å². The summed E-state index contributed by atoms with van der Waals surface area (Å²) in [5, 5.41) is 7.97. The van der Waals surface area contributed by atoms with E-state index in [0.717, 1.165) is 11.4 Å². The van der Waals surface area contributed by atoms with Gasteiger partial charge in [-0.15, -0.1) is 0 Å². The highest BCUT2D eigenvalue weighted by molar-refractivity contribution is 6.32. The van der Waals surface area contributed by atoms with E-state index in [4.69, 9.17) is 21.1 Å². The van der Waals surface area contributed by atoms with Gasteiger partial charge in [0.05, 0.1) is 25.8 Å². The lowest BCUT2D eigenvalue weighted by atomic mass is 10.2. The van der Waals surface area contributed by atoms with E-state index >= 15 is 0 Å². The monoisotopic (exact) mass is 296 g/mol. The van der Waals surface area contributed by atoms with Crippen molar-refractivity contribution in [3.63, 3.8) is 0 Å². The van der Waals surface area contributed by atoms with Gasteiger partial charge in [0.1, 0.15) is 6.33 Å². The highest BCUT2D eigenvalue weighted by Crippen LogP contribution is 2.35. The molecule has 0 radical (unpaired) electrons. The second-order valence-corrected chi connectivity index (χ2v) is 4.66. The Morgan fingerprint density at radius 1 is 1.25 bits per heavy atom. The van der Waals surface area contributed by atoms with E-state index in [9.17, 15) is 0 Å². The van der Waals surface area contributed by atoms with Gasteiger partial charge in [-0.2, -0.15) is 5.10 Å². The third-order valence-electron chi connectivity index (χ3n) is 2.75. The van der Waals surface area contributed by atoms with Gasteiger partial charge in [-0.05, 0) is 17.7 Å². The van der Waals surface area contributed by atoms with Crippen LogP contribution in [0, 0.1) is 0 Å². The normalized spacial score (nSPS) is 10.6. The van der Waals surface area contributed by atoms with E-state index in [1.54, 1.807) is 25.2 Å². The fourth-order valence-electron chi connectivity index (χ4n) is 1.86. The molecule has 0 unspecified atom stereocenters. The summed E-state index contributed by atoms with van der Waals surface area (Å²) < 4.78 is 12.1. The smallest absolute Gasteiger partial charge is 0.179 e. The zero-order chi connectivity index (χ0) is 14.5. The largest absolute Gasteiger partial charge is 0.493 e. The number of benzene rings is 1. The van der Waals surface area contributed by atoms with E-state index in [1.165, 1.54) is 0 Å². The molecule has 0 saturated carbocycles. The topological polar surface area (TPSA) is 61.2 Å². The molecule has 0 aliphatic heterocycles. The number of aryl methyl sites for hydroxylation is 1. The highest BCUT2D eigenvalue weighted by atomic mass is 35.5. The molecular formula is C13H17ClN4O2. The summed E-state index contributed by atoms with van der Waals surface area (Å²) in [7, 11) is 4.99. The standard InChI is InChI=1S/C13H17ClN4O2/c1-18-8-16-12(17-18)7-15-6-9-4-10(14)13(20-3)11(5-9)19-2/h4-5,8,15H,6-7H2,1-3H3. The van der Waals surface area contributed by atoms with Gasteiger partial charge in [0.15, 0.2) is 17.3 Å². The van der Waals surface area contributed by atoms with Crippen molar-refractivity contribution in [2.24, 2.45) is 7.05 Å². The Bertz CT molecular complexity index is 586. The third-order valence-corrected chi connectivity index (χ3v) is 3.03. The summed E-state index contributed by atoms with van der Waals surface area (Å²) >= 11 is 6.15. The molecule has 0 atom stereocenters. The quantitative estimate of drug-likeness (QED) is 0.880. The van der Waals surface area contributed by atoms with Crippen LogP contribution in [0.15, 0.2) is 18.5 Å². The lowest BCUT2D eigenvalue weighted by molar-refractivity contribution is 0.354. The maximum absolute atomic E-state index is 6.15. The van der Waals surface area contributed by atoms with Gasteiger partial charge in [0.25, 0.3) is 0 Å². The molecule has 2 rings (SSSR count). The van der Waals surface area contributed by atoms with Crippen molar-refractivity contribution in [2.75, 3.05) is 14.2 Å². The number of halogens is 1. The lowest BCUT2D eigenvalue weighted by Gasteiger charge is -2.12. The molecule has 2 aromatic rings. The first-order valence-corrected chi connectivity index (χ1v) is 6.47. The summed E-state index contributed by atoms with van der Waals surface area (Å²) in [4.78, 5) is 4.14. The molecule has 1 aromatic carbocycles. The van der Waals surface area contributed by atoms with Crippen LogP contribution in [-0.4, -0.2) is 29.0 Å². The van der Waals surface area contributed by atoms with Crippen LogP contribution < -0.4 is 14.8 Å².